The highest BCUT2D eigenvalue weighted by molar-refractivity contribution is 5.84. The highest BCUT2D eigenvalue weighted by Crippen LogP contribution is 2.42. The summed E-state index contributed by atoms with van der Waals surface area (Å²) in [5.41, 5.74) is 9.46. The summed E-state index contributed by atoms with van der Waals surface area (Å²) in [7, 11) is 1.40. The highest BCUT2D eigenvalue weighted by Gasteiger charge is 2.28. The topological polar surface area (TPSA) is 47.6 Å². The van der Waals surface area contributed by atoms with Crippen LogP contribution in [0.2, 0.25) is 0 Å². The minimum absolute atomic E-state index is 0.181. The molecule has 2 heterocycles. The molecule has 0 saturated carbocycles. The molecule has 0 amide bonds. The van der Waals surface area contributed by atoms with Gasteiger partial charge < -0.3 is 14.8 Å². The van der Waals surface area contributed by atoms with Crippen molar-refractivity contribution in [2.45, 2.75) is 53.1 Å². The van der Waals surface area contributed by atoms with Gasteiger partial charge in [-0.3, -0.25) is 4.79 Å². The second-order valence-corrected chi connectivity index (χ2v) is 7.71. The van der Waals surface area contributed by atoms with Crippen LogP contribution in [-0.4, -0.2) is 19.7 Å². The van der Waals surface area contributed by atoms with Gasteiger partial charge in [0, 0.05) is 18.7 Å². The van der Waals surface area contributed by atoms with Crippen molar-refractivity contribution in [3.63, 3.8) is 0 Å². The minimum atomic E-state index is -0.324. The van der Waals surface area contributed by atoms with Gasteiger partial charge in [0.25, 0.3) is 0 Å². The lowest BCUT2D eigenvalue weighted by Crippen LogP contribution is -2.14. The molecule has 0 aromatic heterocycles. The zero-order valence-electron chi connectivity index (χ0n) is 16.9. The molecular formula is C23H26FNO3. The quantitative estimate of drug-likeness (QED) is 0.812. The van der Waals surface area contributed by atoms with Gasteiger partial charge in [-0.15, -0.1) is 0 Å². The van der Waals surface area contributed by atoms with Crippen molar-refractivity contribution in [2.75, 3.05) is 13.7 Å². The summed E-state index contributed by atoms with van der Waals surface area (Å²) in [6, 6.07) is 1.58. The number of fused-ring (bicyclic) bond motifs is 2. The largest absolute Gasteiger partial charge is 0.490 e. The first-order valence-corrected chi connectivity index (χ1v) is 9.80. The van der Waals surface area contributed by atoms with Crippen molar-refractivity contribution in [1.82, 2.24) is 5.32 Å². The van der Waals surface area contributed by atoms with Crippen LogP contribution in [0, 0.1) is 26.6 Å². The number of esters is 1. The van der Waals surface area contributed by atoms with Crippen molar-refractivity contribution in [2.24, 2.45) is 0 Å². The van der Waals surface area contributed by atoms with Gasteiger partial charge >= 0.3 is 5.97 Å². The van der Waals surface area contributed by atoms with E-state index in [1.807, 2.05) is 6.92 Å². The highest BCUT2D eigenvalue weighted by atomic mass is 19.1. The number of ether oxygens (including phenoxy) is 2. The SMILES string of the molecule is COC(=O)Cc1c(C)c2c(c(C)c1-c1cc(F)c3c(c1C)CCCO3)CNC2. The Hall–Kier alpha value is -2.40. The van der Waals surface area contributed by atoms with E-state index in [-0.39, 0.29) is 18.2 Å². The molecule has 0 unspecified atom stereocenters. The lowest BCUT2D eigenvalue weighted by Gasteiger charge is -2.25. The van der Waals surface area contributed by atoms with E-state index in [0.29, 0.717) is 12.4 Å². The van der Waals surface area contributed by atoms with Crippen LogP contribution in [0.15, 0.2) is 6.07 Å². The maximum Gasteiger partial charge on any atom is 0.310 e. The Kier molecular flexibility index (Phi) is 4.88. The molecule has 28 heavy (non-hydrogen) atoms. The van der Waals surface area contributed by atoms with Crippen LogP contribution in [0.1, 0.15) is 45.4 Å². The fourth-order valence-electron chi connectivity index (χ4n) is 4.71. The number of benzene rings is 2. The van der Waals surface area contributed by atoms with Crippen molar-refractivity contribution in [3.8, 4) is 16.9 Å². The van der Waals surface area contributed by atoms with Gasteiger partial charge in [-0.05, 0) is 84.2 Å². The molecule has 4 nitrogen and oxygen atoms in total. The summed E-state index contributed by atoms with van der Waals surface area (Å²) in [5.74, 6) is -0.219. The van der Waals surface area contributed by atoms with Crippen LogP contribution >= 0.6 is 0 Å². The molecule has 0 spiro atoms. The summed E-state index contributed by atoms with van der Waals surface area (Å²) in [5, 5.41) is 3.41. The number of methoxy groups -OCH3 is 1. The van der Waals surface area contributed by atoms with E-state index in [9.17, 15) is 9.18 Å². The molecule has 1 N–H and O–H groups in total. The van der Waals surface area contributed by atoms with Crippen LogP contribution in [0.5, 0.6) is 5.75 Å². The van der Waals surface area contributed by atoms with Gasteiger partial charge in [0.05, 0.1) is 20.1 Å². The van der Waals surface area contributed by atoms with Crippen LogP contribution in [0.3, 0.4) is 0 Å². The molecule has 0 bridgehead atoms. The number of carbonyl (C=O) groups is 1. The van der Waals surface area contributed by atoms with E-state index in [1.165, 1.54) is 18.2 Å². The van der Waals surface area contributed by atoms with E-state index in [4.69, 9.17) is 9.47 Å². The average molecular weight is 383 g/mol. The molecule has 2 aromatic rings. The Bertz CT molecular complexity index is 981. The molecule has 0 aliphatic carbocycles. The Labute approximate surface area is 165 Å². The molecular weight excluding hydrogens is 357 g/mol. The monoisotopic (exact) mass is 383 g/mol. The van der Waals surface area contributed by atoms with Gasteiger partial charge in [0.1, 0.15) is 0 Å². The second-order valence-electron chi connectivity index (χ2n) is 7.71. The summed E-state index contributed by atoms with van der Waals surface area (Å²) >= 11 is 0. The first kappa shape index (κ1) is 18.9. The molecule has 0 radical (unpaired) electrons. The van der Waals surface area contributed by atoms with Crippen molar-refractivity contribution >= 4 is 5.97 Å². The zero-order chi connectivity index (χ0) is 20.0. The molecule has 2 aliphatic rings. The predicted octanol–water partition coefficient (Wildman–Crippen LogP) is 4.06. The third kappa shape index (κ3) is 2.89. The summed E-state index contributed by atoms with van der Waals surface area (Å²) in [6.45, 7) is 8.31. The fourth-order valence-corrected chi connectivity index (χ4v) is 4.71. The Morgan fingerprint density at radius 2 is 1.86 bits per heavy atom. The Morgan fingerprint density at radius 1 is 1.14 bits per heavy atom. The molecule has 148 valence electrons. The number of carbonyl (C=O) groups excluding carboxylic acids is 1. The van der Waals surface area contributed by atoms with Gasteiger partial charge in [0.15, 0.2) is 11.6 Å². The molecule has 0 saturated heterocycles. The smallest absolute Gasteiger partial charge is 0.310 e. The van der Waals surface area contributed by atoms with Crippen LogP contribution in [-0.2, 0) is 35.5 Å². The van der Waals surface area contributed by atoms with Crippen molar-refractivity contribution in [3.05, 3.63) is 50.8 Å². The van der Waals surface area contributed by atoms with Gasteiger partial charge in [-0.25, -0.2) is 4.39 Å². The summed E-state index contributed by atoms with van der Waals surface area (Å²) in [4.78, 5) is 12.2. The maximum atomic E-state index is 14.9. The van der Waals surface area contributed by atoms with E-state index in [1.54, 1.807) is 6.07 Å². The number of nitrogens with one attached hydrogen (secondary N) is 1. The average Bonchev–Trinajstić information content (AvgIpc) is 3.20. The Morgan fingerprint density at radius 3 is 2.57 bits per heavy atom. The molecule has 0 atom stereocenters. The van der Waals surface area contributed by atoms with Crippen LogP contribution in [0.4, 0.5) is 4.39 Å². The maximum absolute atomic E-state index is 14.9. The Balaban J connectivity index is 2.01. The van der Waals surface area contributed by atoms with Gasteiger partial charge in [0.2, 0.25) is 0 Å². The molecule has 2 aliphatic heterocycles. The first-order valence-electron chi connectivity index (χ1n) is 9.80. The third-order valence-corrected chi connectivity index (χ3v) is 6.26. The lowest BCUT2D eigenvalue weighted by molar-refractivity contribution is -0.139. The standard InChI is InChI=1S/C23H26FNO3/c1-12-15-6-5-7-28-23(15)20(24)8-16(12)22-14(3)19-11-25-10-18(19)13(2)17(22)9-21(26)27-4/h8,25H,5-7,9-11H2,1-4H3. The van der Waals surface area contributed by atoms with Gasteiger partial charge in [-0.1, -0.05) is 0 Å². The lowest BCUT2D eigenvalue weighted by atomic mass is 9.81. The van der Waals surface area contributed by atoms with Crippen LogP contribution in [0.25, 0.3) is 11.1 Å². The number of hydrogen-bond donors (Lipinski definition) is 1. The van der Waals surface area contributed by atoms with E-state index in [0.717, 1.165) is 64.9 Å². The molecule has 4 rings (SSSR count). The fraction of sp³-hybridized carbons (Fsp3) is 0.435. The number of rotatable bonds is 3. The zero-order valence-corrected chi connectivity index (χ0v) is 16.9. The van der Waals surface area contributed by atoms with Crippen LogP contribution < -0.4 is 10.1 Å². The number of hydrogen-bond acceptors (Lipinski definition) is 4. The first-order chi connectivity index (χ1) is 13.4. The minimum Gasteiger partial charge on any atom is -0.490 e. The van der Waals surface area contributed by atoms with E-state index >= 15 is 0 Å². The number of halogens is 1. The summed E-state index contributed by atoms with van der Waals surface area (Å²) < 4.78 is 25.5. The summed E-state index contributed by atoms with van der Waals surface area (Å²) in [6.07, 6.45) is 1.88. The van der Waals surface area contributed by atoms with Crippen molar-refractivity contribution in [1.29, 1.82) is 0 Å². The second kappa shape index (κ2) is 7.21. The third-order valence-electron chi connectivity index (χ3n) is 6.26. The van der Waals surface area contributed by atoms with E-state index in [2.05, 4.69) is 19.2 Å². The van der Waals surface area contributed by atoms with E-state index < -0.39 is 0 Å². The molecule has 5 heteroatoms. The predicted molar refractivity (Wildman–Crippen MR) is 106 cm³/mol. The van der Waals surface area contributed by atoms with Gasteiger partial charge in [-0.2, -0.15) is 0 Å². The van der Waals surface area contributed by atoms with Crippen molar-refractivity contribution < 1.29 is 18.7 Å². The normalized spacial score (nSPS) is 15.0. The molecule has 2 aromatic carbocycles. The molecule has 0 fully saturated rings.